The highest BCUT2D eigenvalue weighted by molar-refractivity contribution is 5.94. The minimum absolute atomic E-state index is 0.0472. The monoisotopic (exact) mass is 387 g/mol. The number of piperidine rings is 1. The van der Waals surface area contributed by atoms with Crippen molar-refractivity contribution < 1.29 is 14.0 Å². The van der Waals surface area contributed by atoms with Crippen molar-refractivity contribution in [3.05, 3.63) is 53.6 Å². The molecule has 8 heteroatoms. The van der Waals surface area contributed by atoms with Crippen molar-refractivity contribution in [3.8, 4) is 0 Å². The highest BCUT2D eigenvalue weighted by atomic mass is 19.1. The van der Waals surface area contributed by atoms with Gasteiger partial charge in [0.15, 0.2) is 0 Å². The third-order valence-electron chi connectivity index (χ3n) is 4.88. The van der Waals surface area contributed by atoms with Crippen LogP contribution in [0.3, 0.4) is 0 Å². The lowest BCUT2D eigenvalue weighted by molar-refractivity contribution is -0.121. The second kappa shape index (κ2) is 9.45. The molecule has 1 aliphatic heterocycles. The Bertz CT molecular complexity index is 799. The van der Waals surface area contributed by atoms with Crippen molar-refractivity contribution in [2.75, 3.05) is 26.2 Å². The van der Waals surface area contributed by atoms with Gasteiger partial charge in [0, 0.05) is 25.8 Å². The minimum Gasteiger partial charge on any atom is -0.350 e. The molecule has 2 amide bonds. The van der Waals surface area contributed by atoms with E-state index in [4.69, 9.17) is 0 Å². The van der Waals surface area contributed by atoms with E-state index in [1.54, 1.807) is 18.2 Å². The first-order valence-electron chi connectivity index (χ1n) is 9.63. The number of amides is 2. The van der Waals surface area contributed by atoms with Crippen LogP contribution in [0.2, 0.25) is 0 Å². The summed E-state index contributed by atoms with van der Waals surface area (Å²) < 4.78 is 14.8. The fourth-order valence-corrected chi connectivity index (χ4v) is 3.24. The van der Waals surface area contributed by atoms with Crippen LogP contribution >= 0.6 is 0 Å². The predicted octanol–water partition coefficient (Wildman–Crippen LogP) is 1.73. The quantitative estimate of drug-likeness (QED) is 0.758. The van der Waals surface area contributed by atoms with Crippen molar-refractivity contribution in [2.24, 2.45) is 0 Å². The van der Waals surface area contributed by atoms with Crippen molar-refractivity contribution in [1.82, 2.24) is 25.3 Å². The van der Waals surface area contributed by atoms with Crippen LogP contribution in [-0.4, -0.2) is 52.7 Å². The summed E-state index contributed by atoms with van der Waals surface area (Å²) in [7, 11) is 0. The number of rotatable bonds is 7. The maximum Gasteiger partial charge on any atom is 0.274 e. The highest BCUT2D eigenvalue weighted by Crippen LogP contribution is 2.16. The molecule has 2 N–H and O–H groups in total. The number of hydrogen-bond acceptors (Lipinski definition) is 4. The number of likely N-dealkylation sites (N-methyl/N-ethyl adjacent to an activating group) is 1. The number of nitrogens with one attached hydrogen (secondary N) is 2. The van der Waals surface area contributed by atoms with E-state index in [0.29, 0.717) is 12.2 Å². The maximum absolute atomic E-state index is 12.9. The zero-order chi connectivity index (χ0) is 19.9. The molecule has 7 nitrogen and oxygen atoms in total. The van der Waals surface area contributed by atoms with Gasteiger partial charge in [-0.2, -0.15) is 5.10 Å². The van der Waals surface area contributed by atoms with E-state index in [1.165, 1.54) is 17.0 Å². The Kier molecular flexibility index (Phi) is 6.76. The molecule has 1 saturated heterocycles. The fraction of sp³-hybridized carbons (Fsp3) is 0.450. The van der Waals surface area contributed by atoms with Gasteiger partial charge in [-0.1, -0.05) is 12.1 Å². The minimum atomic E-state index is -0.318. The van der Waals surface area contributed by atoms with E-state index < -0.39 is 0 Å². The topological polar surface area (TPSA) is 79.3 Å². The van der Waals surface area contributed by atoms with Crippen molar-refractivity contribution in [2.45, 2.75) is 32.4 Å². The van der Waals surface area contributed by atoms with E-state index in [0.717, 1.165) is 31.5 Å². The first-order valence-corrected chi connectivity index (χ1v) is 9.63. The molecule has 0 radical (unpaired) electrons. The van der Waals surface area contributed by atoms with Crippen molar-refractivity contribution in [3.63, 3.8) is 0 Å². The molecule has 1 fully saturated rings. The molecule has 150 valence electrons. The molecule has 0 saturated carbocycles. The molecule has 0 spiro atoms. The normalized spacial score (nSPS) is 16.6. The van der Waals surface area contributed by atoms with Gasteiger partial charge in [-0.05, 0) is 50.1 Å². The van der Waals surface area contributed by atoms with Gasteiger partial charge >= 0.3 is 0 Å². The van der Waals surface area contributed by atoms with Crippen LogP contribution < -0.4 is 10.6 Å². The Morgan fingerprint density at radius 2 is 2.11 bits per heavy atom. The lowest BCUT2D eigenvalue weighted by atomic mass is 10.1. The highest BCUT2D eigenvalue weighted by Gasteiger charge is 2.22. The molecular weight excluding hydrogens is 361 g/mol. The predicted molar refractivity (Wildman–Crippen MR) is 103 cm³/mol. The van der Waals surface area contributed by atoms with Gasteiger partial charge in [-0.15, -0.1) is 0 Å². The van der Waals surface area contributed by atoms with Crippen LogP contribution in [-0.2, 0) is 11.3 Å². The lowest BCUT2D eigenvalue weighted by Crippen LogP contribution is -2.40. The Hall–Kier alpha value is -2.74. The van der Waals surface area contributed by atoms with Crippen LogP contribution in [0, 0.1) is 5.82 Å². The van der Waals surface area contributed by atoms with Gasteiger partial charge in [0.05, 0.1) is 12.6 Å². The summed E-state index contributed by atoms with van der Waals surface area (Å²) >= 11 is 0. The Morgan fingerprint density at radius 3 is 2.79 bits per heavy atom. The molecule has 1 atom stereocenters. The largest absolute Gasteiger partial charge is 0.350 e. The molecule has 1 unspecified atom stereocenters. The zero-order valence-electron chi connectivity index (χ0n) is 16.0. The number of halogens is 1. The second-order valence-electron chi connectivity index (χ2n) is 6.90. The molecular formula is C20H26FN5O2. The lowest BCUT2D eigenvalue weighted by Gasteiger charge is -2.23. The van der Waals surface area contributed by atoms with Crippen molar-refractivity contribution in [1.29, 1.82) is 0 Å². The fourth-order valence-electron chi connectivity index (χ4n) is 3.24. The molecule has 1 aromatic carbocycles. The van der Waals surface area contributed by atoms with Gasteiger partial charge in [-0.25, -0.2) is 4.39 Å². The second-order valence-corrected chi connectivity index (χ2v) is 6.90. The van der Waals surface area contributed by atoms with Crippen LogP contribution in [0.15, 0.2) is 36.5 Å². The molecule has 28 heavy (non-hydrogen) atoms. The van der Waals surface area contributed by atoms with E-state index in [1.807, 2.05) is 17.8 Å². The smallest absolute Gasteiger partial charge is 0.274 e. The number of benzene rings is 1. The summed E-state index contributed by atoms with van der Waals surface area (Å²) in [5, 5.41) is 10.5. The summed E-state index contributed by atoms with van der Waals surface area (Å²) in [6.07, 6.45) is 3.95. The molecule has 0 aliphatic carbocycles. The van der Waals surface area contributed by atoms with Gasteiger partial charge in [-0.3, -0.25) is 14.3 Å². The number of hydrogen-bond donors (Lipinski definition) is 2. The van der Waals surface area contributed by atoms with Crippen molar-refractivity contribution >= 4 is 11.8 Å². The van der Waals surface area contributed by atoms with Crippen LogP contribution in [0.1, 0.15) is 41.9 Å². The molecule has 2 heterocycles. The molecule has 2 aromatic rings. The van der Waals surface area contributed by atoms with Crippen LogP contribution in [0.4, 0.5) is 4.39 Å². The Labute approximate surface area is 163 Å². The standard InChI is InChI=1S/C20H26FN5O2/c1-2-25(14-19(27)23-12-15-5-7-16(21)8-6-15)20(28)18-9-11-26(24-18)17-4-3-10-22-13-17/h5-9,11,17,22H,2-4,10,12-14H2,1H3,(H,23,27). The Balaban J connectivity index is 1.54. The molecule has 1 aliphatic rings. The summed E-state index contributed by atoms with van der Waals surface area (Å²) in [5.74, 6) is -0.848. The third-order valence-corrected chi connectivity index (χ3v) is 4.88. The van der Waals surface area contributed by atoms with E-state index in [2.05, 4.69) is 15.7 Å². The average molecular weight is 387 g/mol. The van der Waals surface area contributed by atoms with Gasteiger partial charge in [0.1, 0.15) is 11.5 Å². The molecule has 3 rings (SSSR count). The average Bonchev–Trinajstić information content (AvgIpc) is 3.22. The summed E-state index contributed by atoms with van der Waals surface area (Å²) in [6, 6.07) is 7.89. The number of carbonyl (C=O) groups excluding carboxylic acids is 2. The summed E-state index contributed by atoms with van der Waals surface area (Å²) in [6.45, 7) is 4.33. The molecule has 1 aromatic heterocycles. The van der Waals surface area contributed by atoms with Gasteiger partial charge < -0.3 is 15.5 Å². The van der Waals surface area contributed by atoms with E-state index in [9.17, 15) is 14.0 Å². The number of nitrogens with zero attached hydrogens (tertiary/aromatic N) is 3. The summed E-state index contributed by atoms with van der Waals surface area (Å²) in [4.78, 5) is 26.4. The van der Waals surface area contributed by atoms with Crippen LogP contribution in [0.25, 0.3) is 0 Å². The zero-order valence-corrected chi connectivity index (χ0v) is 16.0. The molecule has 0 bridgehead atoms. The Morgan fingerprint density at radius 1 is 1.32 bits per heavy atom. The first-order chi connectivity index (χ1) is 13.6. The van der Waals surface area contributed by atoms with E-state index in [-0.39, 0.29) is 36.8 Å². The number of carbonyl (C=O) groups is 2. The number of aromatic nitrogens is 2. The summed E-state index contributed by atoms with van der Waals surface area (Å²) in [5.41, 5.74) is 1.14. The SMILES string of the molecule is CCN(CC(=O)NCc1ccc(F)cc1)C(=O)c1ccn(C2CCCNC2)n1. The van der Waals surface area contributed by atoms with Crippen LogP contribution in [0.5, 0.6) is 0 Å². The van der Waals surface area contributed by atoms with Gasteiger partial charge in [0.2, 0.25) is 5.91 Å². The maximum atomic E-state index is 12.9. The van der Waals surface area contributed by atoms with Gasteiger partial charge in [0.25, 0.3) is 5.91 Å². The third kappa shape index (κ3) is 5.16. The van der Waals surface area contributed by atoms with E-state index >= 15 is 0 Å². The first kappa shape index (κ1) is 20.0.